The van der Waals surface area contributed by atoms with Gasteiger partial charge in [0.25, 0.3) is 11.8 Å². The molecule has 4 aromatic heterocycles. The van der Waals surface area contributed by atoms with Crippen LogP contribution >= 0.6 is 11.3 Å². The molecule has 0 unspecified atom stereocenters. The van der Waals surface area contributed by atoms with Crippen molar-refractivity contribution in [1.82, 2.24) is 44.3 Å². The summed E-state index contributed by atoms with van der Waals surface area (Å²) in [7, 11) is -6.87. The summed E-state index contributed by atoms with van der Waals surface area (Å²) in [4.78, 5) is 30.0. The van der Waals surface area contributed by atoms with Crippen LogP contribution in [0.4, 0.5) is 0 Å². The van der Waals surface area contributed by atoms with Crippen molar-refractivity contribution >= 4 is 58.9 Å². The predicted molar refractivity (Wildman–Crippen MR) is 211 cm³/mol. The van der Waals surface area contributed by atoms with Gasteiger partial charge in [0.1, 0.15) is 0 Å². The van der Waals surface area contributed by atoms with Gasteiger partial charge in [0.05, 0.1) is 14.7 Å². The molecule has 2 N–H and O–H groups in total. The highest BCUT2D eigenvalue weighted by Gasteiger charge is 2.27. The molecule has 2 aliphatic heterocycles. The molecule has 6 aromatic rings. The van der Waals surface area contributed by atoms with Gasteiger partial charge in [-0.3, -0.25) is 14.6 Å². The molecule has 2 aliphatic rings. The number of fused-ring (bicyclic) bond motifs is 2. The number of sulfonamides is 2. The lowest BCUT2D eigenvalue weighted by molar-refractivity contribution is 0.0944. The number of pyridine rings is 2. The number of benzene rings is 2. The molecule has 18 heteroatoms. The summed E-state index contributed by atoms with van der Waals surface area (Å²) in [6.07, 6.45) is 10.9. The van der Waals surface area contributed by atoms with Crippen molar-refractivity contribution < 1.29 is 26.4 Å². The zero-order valence-electron chi connectivity index (χ0n) is 30.5. The number of tetrazole rings is 1. The van der Waals surface area contributed by atoms with Crippen LogP contribution in [0, 0.1) is 0 Å². The van der Waals surface area contributed by atoms with Crippen LogP contribution in [-0.4, -0.2) is 88.5 Å². The molecule has 6 heterocycles. The number of rotatable bonds is 10. The molecule has 0 bridgehead atoms. The van der Waals surface area contributed by atoms with Gasteiger partial charge >= 0.3 is 0 Å². The van der Waals surface area contributed by atoms with Crippen LogP contribution in [0.2, 0.25) is 0 Å². The monoisotopic (exact) mass is 815 g/mol. The van der Waals surface area contributed by atoms with Crippen LogP contribution in [0.15, 0.2) is 101 Å². The van der Waals surface area contributed by atoms with Crippen LogP contribution < -0.4 is 10.6 Å². The Kier molecular flexibility index (Phi) is 12.1. The maximum Gasteiger partial charge on any atom is 0.261 e. The summed E-state index contributed by atoms with van der Waals surface area (Å²) in [5, 5.41) is 17.7. The maximum atomic E-state index is 12.7. The SMILES string of the molecule is O=C(NCc1ccc(S(=O)(=O)N2CCCCC2)cc1)c1cc2cnccc2s1.O=C(NCc1ccc(S(=O)(=O)N2CCCCC2)cc1)c1ccn2nnnc2c1. The largest absolute Gasteiger partial charge is 0.348 e. The molecule has 0 aliphatic carbocycles. The van der Waals surface area contributed by atoms with Gasteiger partial charge in [-0.05, 0) is 95.8 Å². The Balaban J connectivity index is 0.000000172. The number of nitrogens with one attached hydrogen (secondary N) is 2. The quantitative estimate of drug-likeness (QED) is 0.197. The van der Waals surface area contributed by atoms with Gasteiger partial charge in [0.15, 0.2) is 5.65 Å². The zero-order chi connectivity index (χ0) is 39.1. The molecule has 2 fully saturated rings. The molecular formula is C38H41N9O6S3. The Labute approximate surface area is 328 Å². The summed E-state index contributed by atoms with van der Waals surface area (Å²) in [5.41, 5.74) is 2.61. The van der Waals surface area contributed by atoms with Gasteiger partial charge in [0.2, 0.25) is 20.0 Å². The van der Waals surface area contributed by atoms with Crippen molar-refractivity contribution in [3.05, 3.63) is 113 Å². The molecule has 2 saturated heterocycles. The van der Waals surface area contributed by atoms with Crippen molar-refractivity contribution in [3.8, 4) is 0 Å². The molecule has 2 aromatic carbocycles. The third kappa shape index (κ3) is 9.11. The van der Waals surface area contributed by atoms with Crippen molar-refractivity contribution in [2.24, 2.45) is 0 Å². The summed E-state index contributed by atoms with van der Waals surface area (Å²) in [5.74, 6) is -0.401. The average Bonchev–Trinajstić information content (AvgIpc) is 3.91. The van der Waals surface area contributed by atoms with Gasteiger partial charge in [-0.2, -0.15) is 8.61 Å². The van der Waals surface area contributed by atoms with E-state index in [-0.39, 0.29) is 16.7 Å². The molecule has 0 spiro atoms. The van der Waals surface area contributed by atoms with Gasteiger partial charge in [-0.25, -0.2) is 21.4 Å². The van der Waals surface area contributed by atoms with E-state index in [4.69, 9.17) is 0 Å². The van der Waals surface area contributed by atoms with Gasteiger partial charge in [-0.15, -0.1) is 16.4 Å². The minimum Gasteiger partial charge on any atom is -0.348 e. The first-order valence-corrected chi connectivity index (χ1v) is 22.0. The molecule has 56 heavy (non-hydrogen) atoms. The van der Waals surface area contributed by atoms with Crippen molar-refractivity contribution in [3.63, 3.8) is 0 Å². The van der Waals surface area contributed by atoms with Crippen LogP contribution in [0.5, 0.6) is 0 Å². The average molecular weight is 816 g/mol. The fraction of sp³-hybridized carbons (Fsp3) is 0.316. The lowest BCUT2D eigenvalue weighted by Crippen LogP contribution is -2.35. The molecule has 0 saturated carbocycles. The molecule has 8 rings (SSSR count). The Morgan fingerprint density at radius 3 is 1.79 bits per heavy atom. The lowest BCUT2D eigenvalue weighted by atomic mass is 10.2. The molecule has 0 atom stereocenters. The smallest absolute Gasteiger partial charge is 0.261 e. The zero-order valence-corrected chi connectivity index (χ0v) is 32.9. The van der Waals surface area contributed by atoms with Crippen molar-refractivity contribution in [1.29, 1.82) is 0 Å². The van der Waals surface area contributed by atoms with Crippen molar-refractivity contribution in [2.45, 2.75) is 61.4 Å². The van der Waals surface area contributed by atoms with E-state index in [1.165, 1.54) is 15.9 Å². The second kappa shape index (κ2) is 17.3. The normalized spacial score (nSPS) is 15.6. The third-order valence-corrected chi connectivity index (χ3v) is 14.6. The molecular weight excluding hydrogens is 775 g/mol. The third-order valence-electron chi connectivity index (χ3n) is 9.66. The van der Waals surface area contributed by atoms with E-state index in [2.05, 4.69) is 31.1 Å². The Bertz CT molecular complexity index is 2390. The first kappa shape index (κ1) is 39.1. The summed E-state index contributed by atoms with van der Waals surface area (Å²) < 4.78 is 56.3. The van der Waals surface area contributed by atoms with E-state index in [9.17, 15) is 26.4 Å². The van der Waals surface area contributed by atoms with E-state index >= 15 is 0 Å². The van der Waals surface area contributed by atoms with Gasteiger partial charge in [-0.1, -0.05) is 37.1 Å². The van der Waals surface area contributed by atoms with Crippen LogP contribution in [0.3, 0.4) is 0 Å². The van der Waals surface area contributed by atoms with E-state index in [0.717, 1.165) is 59.7 Å². The van der Waals surface area contributed by atoms with Gasteiger partial charge in [0, 0.05) is 73.5 Å². The van der Waals surface area contributed by atoms with Gasteiger partial charge < -0.3 is 10.6 Å². The number of carbonyl (C=O) groups excluding carboxylic acids is 2. The summed E-state index contributed by atoms with van der Waals surface area (Å²) >= 11 is 1.43. The number of aromatic nitrogens is 5. The van der Waals surface area contributed by atoms with E-state index in [1.807, 2.05) is 12.1 Å². The summed E-state index contributed by atoms with van der Waals surface area (Å²) in [6.45, 7) is 2.96. The second-order valence-electron chi connectivity index (χ2n) is 13.5. The van der Waals surface area contributed by atoms with Crippen molar-refractivity contribution in [2.75, 3.05) is 26.2 Å². The number of hydrogen-bond donors (Lipinski definition) is 2. The first-order chi connectivity index (χ1) is 27.1. The molecule has 292 valence electrons. The number of nitrogens with zero attached hydrogens (tertiary/aromatic N) is 7. The highest BCUT2D eigenvalue weighted by atomic mass is 32.2. The van der Waals surface area contributed by atoms with E-state index < -0.39 is 20.0 Å². The number of thiophene rings is 1. The minimum atomic E-state index is -3.44. The number of piperidine rings is 2. The Morgan fingerprint density at radius 1 is 0.679 bits per heavy atom. The van der Waals surface area contributed by atoms with Crippen LogP contribution in [-0.2, 0) is 33.1 Å². The Morgan fingerprint density at radius 2 is 1.23 bits per heavy atom. The highest BCUT2D eigenvalue weighted by molar-refractivity contribution is 7.89. The fourth-order valence-electron chi connectivity index (χ4n) is 6.50. The predicted octanol–water partition coefficient (Wildman–Crippen LogP) is 4.63. The molecule has 15 nitrogen and oxygen atoms in total. The number of carbonyl (C=O) groups is 2. The fourth-order valence-corrected chi connectivity index (χ4v) is 10.5. The van der Waals surface area contributed by atoms with Crippen LogP contribution in [0.1, 0.15) is 69.7 Å². The molecule has 0 radical (unpaired) electrons. The molecule has 2 amide bonds. The highest BCUT2D eigenvalue weighted by Crippen LogP contribution is 2.25. The Hall–Kier alpha value is -5.14. The van der Waals surface area contributed by atoms with Crippen LogP contribution in [0.25, 0.3) is 15.7 Å². The first-order valence-electron chi connectivity index (χ1n) is 18.3. The number of amides is 2. The standard InChI is InChI=1S/C20H21N3O3S2.C18H20N6O3S/c24-20(19-12-16-14-21-9-8-18(16)27-19)22-13-15-4-6-17(7-5-15)28(25,26)23-10-2-1-3-11-23;25-18(15-8-11-24-17(12-15)20-21-22-24)19-13-14-4-6-16(7-5-14)28(26,27)23-9-2-1-3-10-23/h4-9,12,14H,1-3,10-11,13H2,(H,22,24);4-8,11-12H,1-3,9-10,13H2,(H,19,25). The maximum absolute atomic E-state index is 12.7. The van der Waals surface area contributed by atoms with E-state index in [1.54, 1.807) is 87.9 Å². The van der Waals surface area contributed by atoms with E-state index in [0.29, 0.717) is 60.3 Å². The number of hydrogen-bond acceptors (Lipinski definition) is 11. The lowest BCUT2D eigenvalue weighted by Gasteiger charge is -2.25. The minimum absolute atomic E-state index is 0.147. The second-order valence-corrected chi connectivity index (χ2v) is 18.5. The summed E-state index contributed by atoms with van der Waals surface area (Å²) in [6, 6.07) is 20.3. The topological polar surface area (TPSA) is 189 Å².